The standard InChI is InChI=1S/C18H20N4O2S/c1-11-13(17(24)21-20-11)9-16(23)22-8-4-5-12(10-22)18-19-14-6-2-3-7-15(14)25-18/h2-3,6-7,12H,4-5,8-10H2,1H3,(H2,20,21,24). The molecule has 1 unspecified atom stereocenters. The molecule has 1 fully saturated rings. The van der Waals surface area contributed by atoms with Gasteiger partial charge in [-0.1, -0.05) is 12.1 Å². The number of hydrogen-bond donors (Lipinski definition) is 2. The first kappa shape index (κ1) is 16.1. The third-order valence-electron chi connectivity index (χ3n) is 4.85. The Morgan fingerprint density at radius 1 is 1.36 bits per heavy atom. The molecule has 130 valence electrons. The third-order valence-corrected chi connectivity index (χ3v) is 6.05. The van der Waals surface area contributed by atoms with Crippen LogP contribution in [-0.2, 0) is 11.2 Å². The highest BCUT2D eigenvalue weighted by atomic mass is 32.1. The van der Waals surface area contributed by atoms with Gasteiger partial charge in [0.1, 0.15) is 0 Å². The summed E-state index contributed by atoms with van der Waals surface area (Å²) in [6.07, 6.45) is 2.17. The monoisotopic (exact) mass is 356 g/mol. The van der Waals surface area contributed by atoms with Crippen molar-refractivity contribution in [2.45, 2.75) is 32.1 Å². The molecule has 3 aromatic rings. The van der Waals surface area contributed by atoms with Crippen molar-refractivity contribution in [3.63, 3.8) is 0 Å². The number of fused-ring (bicyclic) bond motifs is 1. The van der Waals surface area contributed by atoms with Crippen LogP contribution < -0.4 is 5.56 Å². The summed E-state index contributed by atoms with van der Waals surface area (Å²) in [7, 11) is 0. The quantitative estimate of drug-likeness (QED) is 0.757. The van der Waals surface area contributed by atoms with Crippen LogP contribution in [-0.4, -0.2) is 39.1 Å². The summed E-state index contributed by atoms with van der Waals surface area (Å²) in [6.45, 7) is 3.24. The van der Waals surface area contributed by atoms with Crippen LogP contribution in [0.5, 0.6) is 0 Å². The van der Waals surface area contributed by atoms with Gasteiger partial charge in [-0.15, -0.1) is 11.3 Å². The van der Waals surface area contributed by atoms with E-state index in [0.29, 0.717) is 12.1 Å². The molecule has 6 nitrogen and oxygen atoms in total. The van der Waals surface area contributed by atoms with Gasteiger partial charge in [0.05, 0.1) is 21.6 Å². The van der Waals surface area contributed by atoms with Crippen molar-refractivity contribution < 1.29 is 4.79 Å². The van der Waals surface area contributed by atoms with Gasteiger partial charge in [-0.05, 0) is 31.9 Å². The minimum absolute atomic E-state index is 0.0130. The van der Waals surface area contributed by atoms with E-state index in [4.69, 9.17) is 4.98 Å². The number of carbonyl (C=O) groups excluding carboxylic acids is 1. The molecule has 0 radical (unpaired) electrons. The van der Waals surface area contributed by atoms with Gasteiger partial charge in [0.15, 0.2) is 0 Å². The van der Waals surface area contributed by atoms with E-state index in [0.717, 1.165) is 35.6 Å². The molecule has 4 rings (SSSR count). The number of amides is 1. The number of benzene rings is 1. The number of nitrogens with zero attached hydrogens (tertiary/aromatic N) is 2. The number of aromatic amines is 2. The van der Waals surface area contributed by atoms with Crippen LogP contribution in [0.1, 0.15) is 35.0 Å². The summed E-state index contributed by atoms with van der Waals surface area (Å²) in [5.74, 6) is 0.291. The van der Waals surface area contributed by atoms with E-state index >= 15 is 0 Å². The van der Waals surface area contributed by atoms with E-state index in [2.05, 4.69) is 16.3 Å². The van der Waals surface area contributed by atoms with E-state index in [1.54, 1.807) is 18.3 Å². The maximum absolute atomic E-state index is 12.7. The average molecular weight is 356 g/mol. The van der Waals surface area contributed by atoms with Crippen LogP contribution in [0.2, 0.25) is 0 Å². The lowest BCUT2D eigenvalue weighted by Crippen LogP contribution is -2.40. The van der Waals surface area contributed by atoms with E-state index in [9.17, 15) is 9.59 Å². The Labute approximate surface area is 148 Å². The summed E-state index contributed by atoms with van der Waals surface area (Å²) in [4.78, 5) is 31.1. The predicted molar refractivity (Wildman–Crippen MR) is 98.0 cm³/mol. The fourth-order valence-electron chi connectivity index (χ4n) is 3.42. The van der Waals surface area contributed by atoms with Gasteiger partial charge in [-0.2, -0.15) is 0 Å². The molecular weight excluding hydrogens is 336 g/mol. The molecule has 25 heavy (non-hydrogen) atoms. The lowest BCUT2D eigenvalue weighted by Gasteiger charge is -2.31. The molecule has 1 aromatic carbocycles. The second-order valence-corrected chi connectivity index (χ2v) is 7.62. The Kier molecular flexibility index (Phi) is 4.17. The fourth-order valence-corrected chi connectivity index (χ4v) is 4.51. The van der Waals surface area contributed by atoms with Crippen molar-refractivity contribution >= 4 is 27.5 Å². The fraction of sp³-hybridized carbons (Fsp3) is 0.389. The molecule has 0 bridgehead atoms. The van der Waals surface area contributed by atoms with Crippen molar-refractivity contribution in [3.05, 3.63) is 50.9 Å². The Hall–Kier alpha value is -2.41. The van der Waals surface area contributed by atoms with Crippen LogP contribution in [0.15, 0.2) is 29.1 Å². The number of aromatic nitrogens is 3. The van der Waals surface area contributed by atoms with E-state index in [-0.39, 0.29) is 23.8 Å². The van der Waals surface area contributed by atoms with Crippen LogP contribution in [0.4, 0.5) is 0 Å². The molecule has 7 heteroatoms. The summed E-state index contributed by atoms with van der Waals surface area (Å²) in [5.41, 5.74) is 2.09. The van der Waals surface area contributed by atoms with Gasteiger partial charge >= 0.3 is 0 Å². The second kappa shape index (κ2) is 6.48. The highest BCUT2D eigenvalue weighted by Gasteiger charge is 2.27. The summed E-state index contributed by atoms with van der Waals surface area (Å²) in [6, 6.07) is 8.14. The highest BCUT2D eigenvalue weighted by molar-refractivity contribution is 7.18. The topological polar surface area (TPSA) is 81.8 Å². The zero-order valence-electron chi connectivity index (χ0n) is 14.0. The first-order valence-electron chi connectivity index (χ1n) is 8.51. The Bertz CT molecular complexity index is 938. The number of para-hydroxylation sites is 1. The molecular formula is C18H20N4O2S. The molecule has 0 aliphatic carbocycles. The lowest BCUT2D eigenvalue weighted by atomic mass is 9.98. The van der Waals surface area contributed by atoms with E-state index < -0.39 is 0 Å². The Balaban J connectivity index is 1.50. The molecule has 1 aliphatic heterocycles. The van der Waals surface area contributed by atoms with Gasteiger partial charge in [0.25, 0.3) is 5.56 Å². The average Bonchev–Trinajstić information content (AvgIpc) is 3.20. The molecule has 1 atom stereocenters. The van der Waals surface area contributed by atoms with E-state index in [1.165, 1.54) is 4.70 Å². The molecule has 0 spiro atoms. The van der Waals surface area contributed by atoms with Crippen LogP contribution in [0.25, 0.3) is 10.2 Å². The number of piperidine rings is 1. The maximum atomic E-state index is 12.7. The van der Waals surface area contributed by atoms with Crippen molar-refractivity contribution in [2.24, 2.45) is 0 Å². The van der Waals surface area contributed by atoms with Gasteiger partial charge in [-0.25, -0.2) is 4.98 Å². The molecule has 1 amide bonds. The SMILES string of the molecule is Cc1[nH][nH]c(=O)c1CC(=O)N1CCCC(c2nc3ccccc3s2)C1. The molecule has 1 aliphatic rings. The molecule has 1 saturated heterocycles. The normalized spacial score (nSPS) is 18.0. The number of carbonyl (C=O) groups is 1. The molecule has 2 aromatic heterocycles. The Morgan fingerprint density at radius 3 is 2.96 bits per heavy atom. The number of aryl methyl sites for hydroxylation is 1. The lowest BCUT2D eigenvalue weighted by molar-refractivity contribution is -0.131. The van der Waals surface area contributed by atoms with Gasteiger partial charge in [0, 0.05) is 30.3 Å². The van der Waals surface area contributed by atoms with E-state index in [1.807, 2.05) is 23.1 Å². The number of thiazole rings is 1. The maximum Gasteiger partial charge on any atom is 0.267 e. The van der Waals surface area contributed by atoms with Crippen molar-refractivity contribution in [3.8, 4) is 0 Å². The van der Waals surface area contributed by atoms with Crippen LogP contribution >= 0.6 is 11.3 Å². The summed E-state index contributed by atoms with van der Waals surface area (Å²) in [5, 5.41) is 6.42. The van der Waals surface area contributed by atoms with Crippen molar-refractivity contribution in [2.75, 3.05) is 13.1 Å². The number of likely N-dealkylation sites (tertiary alicyclic amines) is 1. The number of nitrogens with one attached hydrogen (secondary N) is 2. The molecule has 3 heterocycles. The summed E-state index contributed by atoms with van der Waals surface area (Å²) < 4.78 is 1.19. The number of H-pyrrole nitrogens is 2. The van der Waals surface area contributed by atoms with Gasteiger partial charge in [0.2, 0.25) is 5.91 Å². The first-order valence-corrected chi connectivity index (χ1v) is 9.33. The van der Waals surface area contributed by atoms with Gasteiger partial charge < -0.3 is 10.00 Å². The number of rotatable bonds is 3. The largest absolute Gasteiger partial charge is 0.342 e. The predicted octanol–water partition coefficient (Wildman–Crippen LogP) is 2.57. The zero-order chi connectivity index (χ0) is 17.4. The third kappa shape index (κ3) is 3.11. The van der Waals surface area contributed by atoms with Crippen LogP contribution in [0, 0.1) is 6.92 Å². The van der Waals surface area contributed by atoms with Gasteiger partial charge in [-0.3, -0.25) is 14.7 Å². The minimum Gasteiger partial charge on any atom is -0.342 e. The zero-order valence-corrected chi connectivity index (χ0v) is 14.9. The van der Waals surface area contributed by atoms with Crippen molar-refractivity contribution in [1.29, 1.82) is 0 Å². The highest BCUT2D eigenvalue weighted by Crippen LogP contribution is 2.33. The molecule has 0 saturated carbocycles. The Morgan fingerprint density at radius 2 is 2.20 bits per heavy atom. The second-order valence-electron chi connectivity index (χ2n) is 6.56. The summed E-state index contributed by atoms with van der Waals surface area (Å²) >= 11 is 1.72. The minimum atomic E-state index is -0.203. The number of hydrogen-bond acceptors (Lipinski definition) is 4. The van der Waals surface area contributed by atoms with Crippen LogP contribution in [0.3, 0.4) is 0 Å². The van der Waals surface area contributed by atoms with Crippen molar-refractivity contribution in [1.82, 2.24) is 20.1 Å². The smallest absolute Gasteiger partial charge is 0.267 e. The first-order chi connectivity index (χ1) is 12.1. The molecule has 2 N–H and O–H groups in total.